The molecule has 2 aliphatic rings. The summed E-state index contributed by atoms with van der Waals surface area (Å²) in [7, 11) is 0. The molecular formula is C21H20N2O3. The number of amides is 3. The van der Waals surface area contributed by atoms with Crippen LogP contribution in [0.15, 0.2) is 48.5 Å². The number of carbonyl (C=O) groups is 3. The maximum absolute atomic E-state index is 12.7. The van der Waals surface area contributed by atoms with Crippen molar-refractivity contribution in [3.63, 3.8) is 0 Å². The minimum absolute atomic E-state index is 0.0221. The first-order valence-corrected chi connectivity index (χ1v) is 8.98. The Kier molecular flexibility index (Phi) is 4.29. The topological polar surface area (TPSA) is 57.7 Å². The number of imide groups is 1. The molecule has 4 rings (SSSR count). The molecule has 1 saturated heterocycles. The molecule has 3 amide bonds. The Morgan fingerprint density at radius 1 is 0.846 bits per heavy atom. The number of fused-ring (bicyclic) bond motifs is 1. The molecule has 0 atom stereocenters. The second-order valence-electron chi connectivity index (χ2n) is 6.80. The molecule has 0 bridgehead atoms. The van der Waals surface area contributed by atoms with Crippen molar-refractivity contribution in [1.82, 2.24) is 9.80 Å². The van der Waals surface area contributed by atoms with Gasteiger partial charge in [-0.15, -0.1) is 0 Å². The molecule has 5 heteroatoms. The summed E-state index contributed by atoms with van der Waals surface area (Å²) in [4.78, 5) is 40.8. The Labute approximate surface area is 152 Å². The van der Waals surface area contributed by atoms with Crippen LogP contribution in [0.3, 0.4) is 0 Å². The number of piperidine rings is 1. The second-order valence-corrected chi connectivity index (χ2v) is 6.80. The van der Waals surface area contributed by atoms with Gasteiger partial charge in [0.1, 0.15) is 0 Å². The van der Waals surface area contributed by atoms with Crippen LogP contribution in [0.4, 0.5) is 0 Å². The number of rotatable bonds is 3. The smallest absolute Gasteiger partial charge is 0.261 e. The fourth-order valence-electron chi connectivity index (χ4n) is 3.65. The normalized spacial score (nSPS) is 16.8. The lowest BCUT2D eigenvalue weighted by atomic mass is 10.1. The molecule has 0 aromatic heterocycles. The minimum Gasteiger partial charge on any atom is -0.339 e. The Morgan fingerprint density at radius 2 is 1.50 bits per heavy atom. The van der Waals surface area contributed by atoms with E-state index in [4.69, 9.17) is 0 Å². The molecule has 0 aliphatic carbocycles. The van der Waals surface area contributed by atoms with Crippen LogP contribution in [-0.4, -0.2) is 40.6 Å². The number of nitrogens with zero attached hydrogens (tertiary/aromatic N) is 2. The fraction of sp³-hybridized carbons (Fsp3) is 0.286. The van der Waals surface area contributed by atoms with E-state index in [-0.39, 0.29) is 24.3 Å². The standard InChI is InChI=1S/C21H20N2O3/c24-19(22-11-4-1-5-12-22)16-8-6-7-15(13-16)14-23-20(25)17-9-2-3-10-18(17)21(23)26/h2-3,6-10,13H,1,4-5,11-12,14H2. The second kappa shape index (κ2) is 6.75. The van der Waals surface area contributed by atoms with Crippen molar-refractivity contribution in [2.75, 3.05) is 13.1 Å². The fourth-order valence-corrected chi connectivity index (χ4v) is 3.65. The summed E-state index contributed by atoms with van der Waals surface area (Å²) < 4.78 is 0. The third kappa shape index (κ3) is 2.90. The molecular weight excluding hydrogens is 328 g/mol. The van der Waals surface area contributed by atoms with Gasteiger partial charge in [0, 0.05) is 18.7 Å². The molecule has 0 spiro atoms. The van der Waals surface area contributed by atoms with Crippen molar-refractivity contribution >= 4 is 17.7 Å². The van der Waals surface area contributed by atoms with Gasteiger partial charge in [-0.25, -0.2) is 0 Å². The van der Waals surface area contributed by atoms with Gasteiger partial charge in [-0.2, -0.15) is 0 Å². The monoisotopic (exact) mass is 348 g/mol. The van der Waals surface area contributed by atoms with E-state index in [0.717, 1.165) is 31.5 Å². The van der Waals surface area contributed by atoms with Crippen LogP contribution < -0.4 is 0 Å². The quantitative estimate of drug-likeness (QED) is 0.801. The molecule has 0 unspecified atom stereocenters. The molecule has 1 fully saturated rings. The van der Waals surface area contributed by atoms with Crippen LogP contribution >= 0.6 is 0 Å². The molecule has 0 saturated carbocycles. The number of hydrogen-bond donors (Lipinski definition) is 0. The van der Waals surface area contributed by atoms with Crippen molar-refractivity contribution in [3.05, 3.63) is 70.8 Å². The molecule has 0 N–H and O–H groups in total. The van der Waals surface area contributed by atoms with Crippen molar-refractivity contribution in [2.45, 2.75) is 25.8 Å². The highest BCUT2D eigenvalue weighted by atomic mass is 16.2. The predicted octanol–water partition coefficient (Wildman–Crippen LogP) is 3.11. The summed E-state index contributed by atoms with van der Waals surface area (Å²) in [5.74, 6) is -0.536. The van der Waals surface area contributed by atoms with Gasteiger partial charge in [-0.1, -0.05) is 24.3 Å². The van der Waals surface area contributed by atoms with Gasteiger partial charge in [0.25, 0.3) is 17.7 Å². The lowest BCUT2D eigenvalue weighted by Gasteiger charge is -2.27. The summed E-state index contributed by atoms with van der Waals surface area (Å²) >= 11 is 0. The Morgan fingerprint density at radius 3 is 2.15 bits per heavy atom. The van der Waals surface area contributed by atoms with Gasteiger partial charge in [0.15, 0.2) is 0 Å². The summed E-state index contributed by atoms with van der Waals surface area (Å²) in [5.41, 5.74) is 2.28. The number of benzene rings is 2. The van der Waals surface area contributed by atoms with Gasteiger partial charge in [-0.3, -0.25) is 19.3 Å². The van der Waals surface area contributed by atoms with Crippen LogP contribution in [0.1, 0.15) is 55.9 Å². The zero-order chi connectivity index (χ0) is 18.1. The molecule has 5 nitrogen and oxygen atoms in total. The van der Waals surface area contributed by atoms with Crippen LogP contribution in [0.2, 0.25) is 0 Å². The third-order valence-electron chi connectivity index (χ3n) is 5.04. The summed E-state index contributed by atoms with van der Waals surface area (Å²) in [6.07, 6.45) is 3.25. The van der Waals surface area contributed by atoms with Gasteiger partial charge in [0.05, 0.1) is 17.7 Å². The van der Waals surface area contributed by atoms with Crippen LogP contribution in [-0.2, 0) is 6.54 Å². The largest absolute Gasteiger partial charge is 0.339 e. The van der Waals surface area contributed by atoms with Gasteiger partial charge >= 0.3 is 0 Å². The maximum atomic E-state index is 12.7. The first-order chi connectivity index (χ1) is 12.6. The molecule has 2 aromatic carbocycles. The molecule has 2 aromatic rings. The highest BCUT2D eigenvalue weighted by molar-refractivity contribution is 6.21. The van der Waals surface area contributed by atoms with Crippen molar-refractivity contribution in [2.24, 2.45) is 0 Å². The molecule has 2 heterocycles. The average Bonchev–Trinajstić information content (AvgIpc) is 2.93. The van der Waals surface area contributed by atoms with E-state index in [1.165, 1.54) is 11.3 Å². The predicted molar refractivity (Wildman–Crippen MR) is 96.8 cm³/mol. The van der Waals surface area contributed by atoms with Crippen LogP contribution in [0.5, 0.6) is 0 Å². The maximum Gasteiger partial charge on any atom is 0.261 e. The lowest BCUT2D eigenvalue weighted by molar-refractivity contribution is 0.0642. The first-order valence-electron chi connectivity index (χ1n) is 8.98. The average molecular weight is 348 g/mol. The first kappa shape index (κ1) is 16.5. The summed E-state index contributed by atoms with van der Waals surface area (Å²) in [5, 5.41) is 0. The Balaban J connectivity index is 1.54. The van der Waals surface area contributed by atoms with E-state index in [1.54, 1.807) is 36.4 Å². The minimum atomic E-state index is -0.279. The molecule has 26 heavy (non-hydrogen) atoms. The van der Waals surface area contributed by atoms with E-state index in [2.05, 4.69) is 0 Å². The zero-order valence-corrected chi connectivity index (χ0v) is 14.5. The van der Waals surface area contributed by atoms with E-state index in [9.17, 15) is 14.4 Å². The van der Waals surface area contributed by atoms with Gasteiger partial charge in [-0.05, 0) is 49.1 Å². The number of hydrogen-bond acceptors (Lipinski definition) is 3. The van der Waals surface area contributed by atoms with E-state index in [1.807, 2.05) is 17.0 Å². The van der Waals surface area contributed by atoms with Crippen molar-refractivity contribution in [1.29, 1.82) is 0 Å². The van der Waals surface area contributed by atoms with Gasteiger partial charge < -0.3 is 4.90 Å². The highest BCUT2D eigenvalue weighted by Gasteiger charge is 2.35. The molecule has 0 radical (unpaired) electrons. The number of likely N-dealkylation sites (tertiary alicyclic amines) is 1. The summed E-state index contributed by atoms with van der Waals surface area (Å²) in [6.45, 7) is 1.76. The van der Waals surface area contributed by atoms with E-state index >= 15 is 0 Å². The highest BCUT2D eigenvalue weighted by Crippen LogP contribution is 2.24. The van der Waals surface area contributed by atoms with Crippen LogP contribution in [0, 0.1) is 0 Å². The van der Waals surface area contributed by atoms with Gasteiger partial charge in [0.2, 0.25) is 0 Å². The van der Waals surface area contributed by atoms with Crippen LogP contribution in [0.25, 0.3) is 0 Å². The van der Waals surface area contributed by atoms with Crippen molar-refractivity contribution in [3.8, 4) is 0 Å². The SMILES string of the molecule is O=C(c1cccc(CN2C(=O)c3ccccc3C2=O)c1)N1CCCCC1. The van der Waals surface area contributed by atoms with E-state index < -0.39 is 0 Å². The Bertz CT molecular complexity index is 849. The summed E-state index contributed by atoms with van der Waals surface area (Å²) in [6, 6.07) is 14.1. The molecule has 2 aliphatic heterocycles. The zero-order valence-electron chi connectivity index (χ0n) is 14.5. The number of carbonyl (C=O) groups excluding carboxylic acids is 3. The lowest BCUT2D eigenvalue weighted by Crippen LogP contribution is -2.35. The van der Waals surface area contributed by atoms with E-state index in [0.29, 0.717) is 16.7 Å². The third-order valence-corrected chi connectivity index (χ3v) is 5.04. The molecule has 132 valence electrons. The Hall–Kier alpha value is -2.95. The van der Waals surface area contributed by atoms with Crippen molar-refractivity contribution < 1.29 is 14.4 Å².